The van der Waals surface area contributed by atoms with E-state index in [-0.39, 0.29) is 30.6 Å². The highest BCUT2D eigenvalue weighted by Gasteiger charge is 2.20. The van der Waals surface area contributed by atoms with Gasteiger partial charge in [0.1, 0.15) is 5.82 Å². The van der Waals surface area contributed by atoms with Crippen LogP contribution in [0.1, 0.15) is 24.1 Å². The van der Waals surface area contributed by atoms with E-state index in [1.54, 1.807) is 13.2 Å². The van der Waals surface area contributed by atoms with Gasteiger partial charge in [-0.15, -0.1) is 36.6 Å². The molecule has 0 spiro atoms. The smallest absolute Gasteiger partial charge is 0.213 e. The Balaban J connectivity index is 0.00000171. The van der Waals surface area contributed by atoms with E-state index >= 15 is 0 Å². The van der Waals surface area contributed by atoms with Gasteiger partial charge in [0.15, 0.2) is 0 Å². The lowest BCUT2D eigenvalue weighted by atomic mass is 10.0. The Morgan fingerprint density at radius 3 is 2.83 bits per heavy atom. The fraction of sp³-hybridized carbons (Fsp3) is 0.458. The van der Waals surface area contributed by atoms with Crippen molar-refractivity contribution in [2.45, 2.75) is 36.7 Å². The number of aromatic nitrogens is 3. The Kier molecular flexibility index (Phi) is 10.2. The number of fused-ring (bicyclic) bond motifs is 2. The van der Waals surface area contributed by atoms with Gasteiger partial charge in [0, 0.05) is 54.2 Å². The standard InChI is InChI=1S/C24H29FN6OS.2ClH/c1-32-23-3-2-20-24(30-23)18(19(25)14-29-20)6-10-31-8-4-16(5-9-31)27-13-17-12-21-22(15-28-17)33-11-7-26-21;;/h2-3,12,14-16,26-27H,4-11,13H2,1H3;2*1H. The van der Waals surface area contributed by atoms with Gasteiger partial charge in [-0.1, -0.05) is 0 Å². The maximum absolute atomic E-state index is 14.6. The minimum Gasteiger partial charge on any atom is -0.481 e. The molecule has 1 fully saturated rings. The van der Waals surface area contributed by atoms with E-state index in [1.807, 2.05) is 24.0 Å². The van der Waals surface area contributed by atoms with Crippen LogP contribution in [0.15, 0.2) is 35.5 Å². The van der Waals surface area contributed by atoms with Gasteiger partial charge in [-0.05, 0) is 44.5 Å². The zero-order valence-corrected chi connectivity index (χ0v) is 22.1. The van der Waals surface area contributed by atoms with Crippen LogP contribution in [0.25, 0.3) is 11.0 Å². The summed E-state index contributed by atoms with van der Waals surface area (Å²) in [6, 6.07) is 6.23. The van der Waals surface area contributed by atoms with Crippen molar-refractivity contribution in [3.8, 4) is 5.88 Å². The summed E-state index contributed by atoms with van der Waals surface area (Å²) in [5, 5.41) is 7.13. The molecule has 2 aliphatic rings. The molecule has 0 unspecified atom stereocenters. The number of hydrogen-bond donors (Lipinski definition) is 2. The number of pyridine rings is 3. The number of nitrogens with zero attached hydrogens (tertiary/aromatic N) is 4. The van der Waals surface area contributed by atoms with Crippen LogP contribution >= 0.6 is 36.6 Å². The van der Waals surface area contributed by atoms with Crippen LogP contribution in [0, 0.1) is 5.82 Å². The third-order valence-electron chi connectivity index (χ3n) is 6.39. The number of hydrogen-bond acceptors (Lipinski definition) is 8. The average molecular weight is 542 g/mol. The summed E-state index contributed by atoms with van der Waals surface area (Å²) in [6.07, 6.45) is 6.03. The number of methoxy groups -OCH3 is 1. The van der Waals surface area contributed by atoms with E-state index in [4.69, 9.17) is 4.74 Å². The Bertz CT molecular complexity index is 1130. The predicted octanol–water partition coefficient (Wildman–Crippen LogP) is 4.33. The van der Waals surface area contributed by atoms with Crippen molar-refractivity contribution in [2.24, 2.45) is 0 Å². The lowest BCUT2D eigenvalue weighted by Crippen LogP contribution is -2.43. The predicted molar refractivity (Wildman–Crippen MR) is 144 cm³/mol. The second-order valence-electron chi connectivity index (χ2n) is 8.50. The first-order chi connectivity index (χ1) is 16.2. The Morgan fingerprint density at radius 2 is 2.03 bits per heavy atom. The fourth-order valence-electron chi connectivity index (χ4n) is 4.49. The van der Waals surface area contributed by atoms with E-state index in [2.05, 4.69) is 36.6 Å². The molecule has 11 heteroatoms. The van der Waals surface area contributed by atoms with Crippen LogP contribution < -0.4 is 15.4 Å². The van der Waals surface area contributed by atoms with Crippen LogP contribution in [0.2, 0.25) is 0 Å². The summed E-state index contributed by atoms with van der Waals surface area (Å²) in [4.78, 5) is 16.9. The van der Waals surface area contributed by atoms with Crippen molar-refractivity contribution in [2.75, 3.05) is 44.4 Å². The third-order valence-corrected chi connectivity index (χ3v) is 7.43. The molecule has 0 amide bonds. The van der Waals surface area contributed by atoms with Gasteiger partial charge in [-0.2, -0.15) is 0 Å². The first kappa shape index (κ1) is 27.7. The van der Waals surface area contributed by atoms with Crippen molar-refractivity contribution in [1.82, 2.24) is 25.2 Å². The molecule has 0 saturated carbocycles. The molecule has 0 aliphatic carbocycles. The fourth-order valence-corrected chi connectivity index (χ4v) is 5.33. The van der Waals surface area contributed by atoms with Crippen molar-refractivity contribution in [1.29, 1.82) is 0 Å². The van der Waals surface area contributed by atoms with Gasteiger partial charge in [-0.25, -0.2) is 9.37 Å². The topological polar surface area (TPSA) is 75.2 Å². The van der Waals surface area contributed by atoms with E-state index in [0.717, 1.165) is 57.0 Å². The highest BCUT2D eigenvalue weighted by molar-refractivity contribution is 7.99. The van der Waals surface area contributed by atoms with Crippen molar-refractivity contribution >= 4 is 53.3 Å². The minimum atomic E-state index is -0.301. The summed E-state index contributed by atoms with van der Waals surface area (Å²) in [7, 11) is 1.57. The Morgan fingerprint density at radius 1 is 1.20 bits per heavy atom. The van der Waals surface area contributed by atoms with E-state index in [1.165, 1.54) is 16.8 Å². The molecule has 1 saturated heterocycles. The molecule has 35 heavy (non-hydrogen) atoms. The molecule has 0 radical (unpaired) electrons. The SMILES string of the molecule is COc1ccc2ncc(F)c(CCN3CCC(NCc4cc5c(cn4)SCCN5)CC3)c2n1.Cl.Cl. The van der Waals surface area contributed by atoms with Crippen molar-refractivity contribution in [3.63, 3.8) is 0 Å². The molecule has 0 bridgehead atoms. The summed E-state index contributed by atoms with van der Waals surface area (Å²) >= 11 is 1.86. The number of ether oxygens (including phenoxy) is 1. The first-order valence-corrected chi connectivity index (χ1v) is 12.5. The molecule has 5 rings (SSSR count). The normalized spacial score (nSPS) is 16.1. The summed E-state index contributed by atoms with van der Waals surface area (Å²) in [5.74, 6) is 1.27. The van der Waals surface area contributed by atoms with Crippen LogP contribution in [-0.4, -0.2) is 64.9 Å². The maximum Gasteiger partial charge on any atom is 0.213 e. The molecule has 3 aromatic heterocycles. The van der Waals surface area contributed by atoms with Gasteiger partial charge in [0.2, 0.25) is 5.88 Å². The van der Waals surface area contributed by atoms with Gasteiger partial charge in [-0.3, -0.25) is 9.97 Å². The monoisotopic (exact) mass is 540 g/mol. The third kappa shape index (κ3) is 6.65. The van der Waals surface area contributed by atoms with E-state index < -0.39 is 0 Å². The Labute approximate surface area is 221 Å². The molecule has 7 nitrogen and oxygen atoms in total. The summed E-state index contributed by atoms with van der Waals surface area (Å²) in [6.45, 7) is 4.59. The molecular formula is C24H31Cl2FN6OS. The van der Waals surface area contributed by atoms with E-state index in [0.29, 0.717) is 34.9 Å². The number of halogens is 3. The number of piperidine rings is 1. The van der Waals surface area contributed by atoms with E-state index in [9.17, 15) is 4.39 Å². The lowest BCUT2D eigenvalue weighted by Gasteiger charge is -2.32. The number of anilines is 1. The van der Waals surface area contributed by atoms with Gasteiger partial charge < -0.3 is 20.3 Å². The lowest BCUT2D eigenvalue weighted by molar-refractivity contribution is 0.198. The molecule has 190 valence electrons. The quantitative estimate of drug-likeness (QED) is 0.458. The zero-order chi connectivity index (χ0) is 22.6. The molecular weight excluding hydrogens is 510 g/mol. The largest absolute Gasteiger partial charge is 0.481 e. The highest BCUT2D eigenvalue weighted by atomic mass is 35.5. The van der Waals surface area contributed by atoms with Crippen molar-refractivity contribution < 1.29 is 9.13 Å². The zero-order valence-electron chi connectivity index (χ0n) is 19.6. The number of rotatable bonds is 7. The second-order valence-corrected chi connectivity index (χ2v) is 9.64. The number of thioether (sulfide) groups is 1. The minimum absolute atomic E-state index is 0. The van der Waals surface area contributed by atoms with Crippen LogP contribution in [0.3, 0.4) is 0 Å². The number of nitrogens with one attached hydrogen (secondary N) is 2. The second kappa shape index (κ2) is 12.9. The number of likely N-dealkylation sites (tertiary alicyclic amines) is 1. The highest BCUT2D eigenvalue weighted by Crippen LogP contribution is 2.30. The summed E-state index contributed by atoms with van der Waals surface area (Å²) in [5.41, 5.74) is 4.19. The van der Waals surface area contributed by atoms with Crippen LogP contribution in [-0.2, 0) is 13.0 Å². The summed E-state index contributed by atoms with van der Waals surface area (Å²) < 4.78 is 19.8. The maximum atomic E-state index is 14.6. The average Bonchev–Trinajstić information content (AvgIpc) is 2.87. The Hall–Kier alpha value is -1.91. The molecule has 2 N–H and O–H groups in total. The van der Waals surface area contributed by atoms with Gasteiger partial charge in [0.05, 0.1) is 35.7 Å². The van der Waals surface area contributed by atoms with Crippen LogP contribution in [0.5, 0.6) is 5.88 Å². The first-order valence-electron chi connectivity index (χ1n) is 11.5. The molecule has 3 aromatic rings. The molecule has 0 atom stereocenters. The molecule has 2 aliphatic heterocycles. The molecule has 0 aromatic carbocycles. The molecule has 5 heterocycles. The van der Waals surface area contributed by atoms with Crippen LogP contribution in [0.4, 0.5) is 10.1 Å². The van der Waals surface area contributed by atoms with Gasteiger partial charge in [0.25, 0.3) is 0 Å². The van der Waals surface area contributed by atoms with Gasteiger partial charge >= 0.3 is 0 Å². The van der Waals surface area contributed by atoms with Crippen molar-refractivity contribution in [3.05, 3.63) is 47.7 Å².